The zero-order valence-electron chi connectivity index (χ0n) is 15.4. The van der Waals surface area contributed by atoms with Crippen molar-refractivity contribution in [3.05, 3.63) is 36.0 Å². The Morgan fingerprint density at radius 2 is 1.85 bits per heavy atom. The number of carboxylic acid groups (broad SMARTS) is 1. The highest BCUT2D eigenvalue weighted by Gasteiger charge is 2.36. The molecular formula is C19H21F3N3O2-. The van der Waals surface area contributed by atoms with Crippen LogP contribution in [0.3, 0.4) is 0 Å². The average molecular weight is 380 g/mol. The van der Waals surface area contributed by atoms with E-state index in [1.807, 2.05) is 31.7 Å². The fraction of sp³-hybridized carbons (Fsp3) is 0.474. The number of pyridine rings is 1. The smallest absolute Gasteiger partial charge is 0.433 e. The maximum absolute atomic E-state index is 12.9. The Morgan fingerprint density at radius 3 is 2.44 bits per heavy atom. The minimum Gasteiger partial charge on any atom is -0.530 e. The molecule has 0 N–H and O–H groups in total. The minimum atomic E-state index is -4.50. The van der Waals surface area contributed by atoms with E-state index in [2.05, 4.69) is 4.98 Å². The molecule has 0 spiro atoms. The van der Waals surface area contributed by atoms with Crippen molar-refractivity contribution in [2.45, 2.75) is 33.0 Å². The molecular weight excluding hydrogens is 359 g/mol. The summed E-state index contributed by atoms with van der Waals surface area (Å²) in [7, 11) is 0. The van der Waals surface area contributed by atoms with Gasteiger partial charge in [0, 0.05) is 30.7 Å². The third-order valence-electron chi connectivity index (χ3n) is 4.95. The maximum Gasteiger partial charge on any atom is 0.433 e. The first-order valence-electron chi connectivity index (χ1n) is 8.68. The fourth-order valence-electron chi connectivity index (χ4n) is 3.53. The average Bonchev–Trinajstić information content (AvgIpc) is 2.58. The van der Waals surface area contributed by atoms with Gasteiger partial charge in [-0.15, -0.1) is 0 Å². The molecule has 2 heterocycles. The quantitative estimate of drug-likeness (QED) is 0.763. The molecule has 3 rings (SSSR count). The lowest BCUT2D eigenvalue weighted by Gasteiger charge is -2.49. The van der Waals surface area contributed by atoms with E-state index in [1.165, 1.54) is 11.0 Å². The molecule has 1 aromatic carbocycles. The lowest BCUT2D eigenvalue weighted by atomic mass is 9.84. The number of fused-ring (bicyclic) bond motifs is 1. The highest BCUT2D eigenvalue weighted by atomic mass is 19.4. The van der Waals surface area contributed by atoms with Crippen LogP contribution in [-0.4, -0.2) is 41.7 Å². The standard InChI is InChI=1S/C19H22F3N3O2/c1-18(2,3)16-11-24(9-10-25(16)17(26)27)14-6-4-5-13-12(14)7-8-15(23-13)19(20,21)22/h4-8,16H,9-11H2,1-3H3,(H,26,27)/p-1. The lowest BCUT2D eigenvalue weighted by Crippen LogP contribution is -2.62. The van der Waals surface area contributed by atoms with Crippen LogP contribution in [0.25, 0.3) is 10.9 Å². The molecule has 0 radical (unpaired) electrons. The summed E-state index contributed by atoms with van der Waals surface area (Å²) >= 11 is 0. The molecule has 0 bridgehead atoms. The van der Waals surface area contributed by atoms with Gasteiger partial charge in [-0.3, -0.25) is 0 Å². The summed E-state index contributed by atoms with van der Waals surface area (Å²) in [4.78, 5) is 18.6. The number of benzene rings is 1. The molecule has 5 nitrogen and oxygen atoms in total. The zero-order valence-corrected chi connectivity index (χ0v) is 15.4. The number of anilines is 1. The van der Waals surface area contributed by atoms with Crippen molar-refractivity contribution < 1.29 is 23.1 Å². The number of carbonyl (C=O) groups excluding carboxylic acids is 1. The van der Waals surface area contributed by atoms with Crippen LogP contribution in [0.5, 0.6) is 0 Å². The molecule has 27 heavy (non-hydrogen) atoms. The van der Waals surface area contributed by atoms with Gasteiger partial charge in [0.2, 0.25) is 0 Å². The van der Waals surface area contributed by atoms with E-state index in [9.17, 15) is 23.1 Å². The van der Waals surface area contributed by atoms with E-state index in [1.54, 1.807) is 12.1 Å². The van der Waals surface area contributed by atoms with E-state index in [0.717, 1.165) is 11.8 Å². The van der Waals surface area contributed by atoms with Gasteiger partial charge in [0.25, 0.3) is 0 Å². The number of piperazine rings is 1. The highest BCUT2D eigenvalue weighted by Crippen LogP contribution is 2.34. The summed E-state index contributed by atoms with van der Waals surface area (Å²) in [6.45, 7) is 7.00. The molecule has 1 aromatic heterocycles. The Bertz CT molecular complexity index is 861. The monoisotopic (exact) mass is 380 g/mol. The molecule has 146 valence electrons. The normalized spacial score (nSPS) is 18.8. The number of hydrogen-bond donors (Lipinski definition) is 0. The summed E-state index contributed by atoms with van der Waals surface area (Å²) in [6, 6.07) is 7.15. The summed E-state index contributed by atoms with van der Waals surface area (Å²) in [5, 5.41) is 12.1. The number of rotatable bonds is 1. The second-order valence-corrected chi connectivity index (χ2v) is 7.83. The van der Waals surface area contributed by atoms with Crippen LogP contribution < -0.4 is 10.0 Å². The van der Waals surface area contributed by atoms with Crippen molar-refractivity contribution >= 4 is 22.7 Å². The second kappa shape index (κ2) is 6.58. The van der Waals surface area contributed by atoms with Gasteiger partial charge in [0.1, 0.15) is 11.8 Å². The van der Waals surface area contributed by atoms with Crippen molar-refractivity contribution in [3.8, 4) is 0 Å². The summed E-state index contributed by atoms with van der Waals surface area (Å²) in [5.41, 5.74) is -0.232. The number of aromatic nitrogens is 1. The number of carbonyl (C=O) groups is 1. The Morgan fingerprint density at radius 1 is 1.15 bits per heavy atom. The van der Waals surface area contributed by atoms with Gasteiger partial charge >= 0.3 is 6.18 Å². The first-order chi connectivity index (χ1) is 12.5. The summed E-state index contributed by atoms with van der Waals surface area (Å²) in [6.07, 6.45) is -5.70. The van der Waals surface area contributed by atoms with Crippen molar-refractivity contribution in [1.82, 2.24) is 9.88 Å². The predicted octanol–water partition coefficient (Wildman–Crippen LogP) is 3.13. The molecule has 8 heteroatoms. The third kappa shape index (κ3) is 3.79. The Balaban J connectivity index is 1.99. The largest absolute Gasteiger partial charge is 0.530 e. The molecule has 1 fully saturated rings. The van der Waals surface area contributed by atoms with Crippen molar-refractivity contribution in [2.24, 2.45) is 5.41 Å². The molecule has 0 aliphatic carbocycles. The topological polar surface area (TPSA) is 59.5 Å². The Hall–Kier alpha value is -2.51. The number of amides is 1. The first-order valence-corrected chi connectivity index (χ1v) is 8.68. The van der Waals surface area contributed by atoms with Crippen LogP contribution >= 0.6 is 0 Å². The van der Waals surface area contributed by atoms with Gasteiger partial charge < -0.3 is 19.7 Å². The van der Waals surface area contributed by atoms with Gasteiger partial charge in [-0.05, 0) is 29.7 Å². The number of halogens is 3. The molecule has 1 saturated heterocycles. The van der Waals surface area contributed by atoms with Crippen molar-refractivity contribution in [2.75, 3.05) is 24.5 Å². The predicted molar refractivity (Wildman–Crippen MR) is 94.3 cm³/mol. The number of alkyl halides is 3. The Labute approximate surface area is 155 Å². The van der Waals surface area contributed by atoms with Gasteiger partial charge in [-0.1, -0.05) is 26.8 Å². The molecule has 1 unspecified atom stereocenters. The van der Waals surface area contributed by atoms with E-state index < -0.39 is 18.0 Å². The summed E-state index contributed by atoms with van der Waals surface area (Å²) in [5.74, 6) is 0. The SMILES string of the molecule is CC(C)(C)C1CN(c2cccc3nc(C(F)(F)F)ccc23)CCN1C(=O)[O-]. The van der Waals surface area contributed by atoms with E-state index in [-0.39, 0.29) is 23.5 Å². The first kappa shape index (κ1) is 19.3. The minimum absolute atomic E-state index is 0.261. The molecule has 1 aliphatic rings. The van der Waals surface area contributed by atoms with Crippen molar-refractivity contribution in [1.29, 1.82) is 0 Å². The van der Waals surface area contributed by atoms with Gasteiger partial charge in [0.15, 0.2) is 0 Å². The van der Waals surface area contributed by atoms with Gasteiger partial charge in [-0.25, -0.2) is 4.98 Å². The van der Waals surface area contributed by atoms with Crippen LogP contribution in [0, 0.1) is 5.41 Å². The summed E-state index contributed by atoms with van der Waals surface area (Å²) < 4.78 is 38.8. The molecule has 2 aromatic rings. The van der Waals surface area contributed by atoms with Gasteiger partial charge in [-0.2, -0.15) is 13.2 Å². The van der Waals surface area contributed by atoms with Crippen LogP contribution in [-0.2, 0) is 6.18 Å². The van der Waals surface area contributed by atoms with Gasteiger partial charge in [0.05, 0.1) is 11.6 Å². The van der Waals surface area contributed by atoms with E-state index >= 15 is 0 Å². The van der Waals surface area contributed by atoms with Crippen molar-refractivity contribution in [3.63, 3.8) is 0 Å². The van der Waals surface area contributed by atoms with E-state index in [0.29, 0.717) is 18.5 Å². The molecule has 1 aliphatic heterocycles. The second-order valence-electron chi connectivity index (χ2n) is 7.83. The molecule has 0 saturated carbocycles. The molecule has 1 atom stereocenters. The highest BCUT2D eigenvalue weighted by molar-refractivity contribution is 5.92. The van der Waals surface area contributed by atoms with E-state index in [4.69, 9.17) is 0 Å². The lowest BCUT2D eigenvalue weighted by molar-refractivity contribution is -0.270. The van der Waals surface area contributed by atoms with Crippen LogP contribution in [0.1, 0.15) is 26.5 Å². The zero-order chi connectivity index (χ0) is 20.0. The van der Waals surface area contributed by atoms with Crippen LogP contribution in [0.15, 0.2) is 30.3 Å². The Kier molecular flexibility index (Phi) is 4.69. The van der Waals surface area contributed by atoms with Crippen LogP contribution in [0.4, 0.5) is 23.7 Å². The molecule has 1 amide bonds. The third-order valence-corrected chi connectivity index (χ3v) is 4.95. The maximum atomic E-state index is 12.9. The fourth-order valence-corrected chi connectivity index (χ4v) is 3.53. The number of nitrogens with zero attached hydrogens (tertiary/aromatic N) is 3. The van der Waals surface area contributed by atoms with Crippen LogP contribution in [0.2, 0.25) is 0 Å². The number of hydrogen-bond acceptors (Lipinski definition) is 4.